The quantitative estimate of drug-likeness (QED) is 0.851. The maximum atomic E-state index is 5.67. The van der Waals surface area contributed by atoms with Gasteiger partial charge in [0.1, 0.15) is 0 Å². The van der Waals surface area contributed by atoms with Crippen molar-refractivity contribution < 1.29 is 0 Å². The molecule has 1 aromatic rings. The van der Waals surface area contributed by atoms with Gasteiger partial charge < -0.3 is 5.73 Å². The molecule has 1 aromatic heterocycles. The van der Waals surface area contributed by atoms with Crippen molar-refractivity contribution in [2.45, 2.75) is 38.3 Å². The van der Waals surface area contributed by atoms with Gasteiger partial charge in [-0.3, -0.25) is 4.90 Å². The predicted octanol–water partition coefficient (Wildman–Crippen LogP) is 2.45. The second-order valence-electron chi connectivity index (χ2n) is 4.33. The standard InChI is InChI=1S/C12H20N2S/c13-6-4-12-3-1-2-7-14(12)9-11-5-8-15-10-11/h5,8,10,12H,1-4,6-7,9,13H2. The first-order chi connectivity index (χ1) is 7.40. The second kappa shape index (κ2) is 5.64. The molecule has 2 N–H and O–H groups in total. The molecule has 0 bridgehead atoms. The third-order valence-electron chi connectivity index (χ3n) is 3.21. The van der Waals surface area contributed by atoms with E-state index in [0.29, 0.717) is 0 Å². The van der Waals surface area contributed by atoms with E-state index in [2.05, 4.69) is 21.7 Å². The van der Waals surface area contributed by atoms with Crippen molar-refractivity contribution in [3.05, 3.63) is 22.4 Å². The fraction of sp³-hybridized carbons (Fsp3) is 0.667. The largest absolute Gasteiger partial charge is 0.330 e. The normalized spacial score (nSPS) is 23.1. The van der Waals surface area contributed by atoms with E-state index in [0.717, 1.165) is 25.6 Å². The minimum atomic E-state index is 0.726. The summed E-state index contributed by atoms with van der Waals surface area (Å²) in [7, 11) is 0. The average molecular weight is 224 g/mol. The molecule has 0 aliphatic carbocycles. The molecule has 2 heterocycles. The topological polar surface area (TPSA) is 29.3 Å². The highest BCUT2D eigenvalue weighted by Crippen LogP contribution is 2.22. The number of hydrogen-bond donors (Lipinski definition) is 1. The fourth-order valence-electron chi connectivity index (χ4n) is 2.40. The van der Waals surface area contributed by atoms with E-state index >= 15 is 0 Å². The van der Waals surface area contributed by atoms with Crippen LogP contribution in [0.15, 0.2) is 16.8 Å². The van der Waals surface area contributed by atoms with E-state index in [1.807, 2.05) is 0 Å². The summed E-state index contributed by atoms with van der Waals surface area (Å²) >= 11 is 1.79. The Kier molecular flexibility index (Phi) is 4.18. The highest BCUT2D eigenvalue weighted by molar-refractivity contribution is 7.07. The van der Waals surface area contributed by atoms with Gasteiger partial charge in [0.2, 0.25) is 0 Å². The summed E-state index contributed by atoms with van der Waals surface area (Å²) < 4.78 is 0. The zero-order chi connectivity index (χ0) is 10.5. The second-order valence-corrected chi connectivity index (χ2v) is 5.11. The van der Waals surface area contributed by atoms with E-state index in [1.165, 1.54) is 31.4 Å². The van der Waals surface area contributed by atoms with E-state index in [-0.39, 0.29) is 0 Å². The van der Waals surface area contributed by atoms with Crippen molar-refractivity contribution >= 4 is 11.3 Å². The van der Waals surface area contributed by atoms with Crippen molar-refractivity contribution in [2.24, 2.45) is 5.73 Å². The molecule has 2 nitrogen and oxygen atoms in total. The highest BCUT2D eigenvalue weighted by atomic mass is 32.1. The lowest BCUT2D eigenvalue weighted by Crippen LogP contribution is -2.39. The summed E-state index contributed by atoms with van der Waals surface area (Å²) in [5.74, 6) is 0. The van der Waals surface area contributed by atoms with Crippen molar-refractivity contribution in [1.82, 2.24) is 4.90 Å². The summed E-state index contributed by atoms with van der Waals surface area (Å²) in [4.78, 5) is 2.61. The Morgan fingerprint density at radius 3 is 3.13 bits per heavy atom. The lowest BCUT2D eigenvalue weighted by atomic mass is 9.99. The first-order valence-corrected chi connectivity index (χ1v) is 6.79. The maximum absolute atomic E-state index is 5.67. The lowest BCUT2D eigenvalue weighted by molar-refractivity contribution is 0.134. The summed E-state index contributed by atoms with van der Waals surface area (Å²) in [6.07, 6.45) is 5.22. The molecule has 1 fully saturated rings. The summed E-state index contributed by atoms with van der Waals surface area (Å²) in [6.45, 7) is 3.19. The van der Waals surface area contributed by atoms with Crippen LogP contribution in [0.5, 0.6) is 0 Å². The van der Waals surface area contributed by atoms with Crippen LogP contribution < -0.4 is 5.73 Å². The smallest absolute Gasteiger partial charge is 0.0244 e. The van der Waals surface area contributed by atoms with Crippen LogP contribution >= 0.6 is 11.3 Å². The first-order valence-electron chi connectivity index (χ1n) is 5.85. The number of hydrogen-bond acceptors (Lipinski definition) is 3. The van der Waals surface area contributed by atoms with Crippen LogP contribution in [0.25, 0.3) is 0 Å². The molecule has 0 radical (unpaired) electrons. The highest BCUT2D eigenvalue weighted by Gasteiger charge is 2.21. The number of nitrogens with two attached hydrogens (primary N) is 1. The van der Waals surface area contributed by atoms with E-state index in [9.17, 15) is 0 Å². The Bertz CT molecular complexity index is 269. The van der Waals surface area contributed by atoms with Gasteiger partial charge in [-0.25, -0.2) is 0 Å². The minimum absolute atomic E-state index is 0.726. The Morgan fingerprint density at radius 1 is 1.47 bits per heavy atom. The van der Waals surface area contributed by atoms with Crippen molar-refractivity contribution in [3.63, 3.8) is 0 Å². The van der Waals surface area contributed by atoms with Gasteiger partial charge >= 0.3 is 0 Å². The third kappa shape index (κ3) is 3.03. The fourth-order valence-corrected chi connectivity index (χ4v) is 3.06. The molecule has 0 saturated carbocycles. The van der Waals surface area contributed by atoms with Crippen LogP contribution in [-0.4, -0.2) is 24.0 Å². The average Bonchev–Trinajstić information content (AvgIpc) is 2.74. The Labute approximate surface area is 96.1 Å². The van der Waals surface area contributed by atoms with Crippen LogP contribution in [0.2, 0.25) is 0 Å². The molecule has 1 atom stereocenters. The third-order valence-corrected chi connectivity index (χ3v) is 3.95. The summed E-state index contributed by atoms with van der Waals surface area (Å²) in [5, 5.41) is 4.42. The van der Waals surface area contributed by atoms with Gasteiger partial charge in [-0.15, -0.1) is 0 Å². The molecular weight excluding hydrogens is 204 g/mol. The number of nitrogens with zero attached hydrogens (tertiary/aromatic N) is 1. The van der Waals surface area contributed by atoms with Crippen LogP contribution in [-0.2, 0) is 6.54 Å². The monoisotopic (exact) mass is 224 g/mol. The Morgan fingerprint density at radius 2 is 2.40 bits per heavy atom. The molecule has 15 heavy (non-hydrogen) atoms. The van der Waals surface area contributed by atoms with Crippen molar-refractivity contribution in [3.8, 4) is 0 Å². The minimum Gasteiger partial charge on any atom is -0.330 e. The lowest BCUT2D eigenvalue weighted by Gasteiger charge is -2.35. The number of thiophene rings is 1. The maximum Gasteiger partial charge on any atom is 0.0244 e. The first kappa shape index (κ1) is 11.1. The van der Waals surface area contributed by atoms with E-state index in [1.54, 1.807) is 11.3 Å². The molecule has 2 rings (SSSR count). The van der Waals surface area contributed by atoms with E-state index in [4.69, 9.17) is 5.73 Å². The van der Waals surface area contributed by atoms with Gasteiger partial charge in [0.05, 0.1) is 0 Å². The Balaban J connectivity index is 1.92. The molecule has 1 unspecified atom stereocenters. The van der Waals surface area contributed by atoms with Gasteiger partial charge in [0.25, 0.3) is 0 Å². The van der Waals surface area contributed by atoms with Crippen molar-refractivity contribution in [1.29, 1.82) is 0 Å². The zero-order valence-electron chi connectivity index (χ0n) is 9.19. The van der Waals surface area contributed by atoms with E-state index < -0.39 is 0 Å². The summed E-state index contributed by atoms with van der Waals surface area (Å²) in [6, 6.07) is 2.96. The van der Waals surface area contributed by atoms with Gasteiger partial charge in [-0.1, -0.05) is 6.42 Å². The molecule has 0 spiro atoms. The number of piperidine rings is 1. The summed E-state index contributed by atoms with van der Waals surface area (Å²) in [5.41, 5.74) is 7.13. The van der Waals surface area contributed by atoms with Gasteiger partial charge in [-0.05, 0) is 54.7 Å². The molecule has 1 aliphatic rings. The molecule has 0 aromatic carbocycles. The zero-order valence-corrected chi connectivity index (χ0v) is 10.0. The molecule has 3 heteroatoms. The number of rotatable bonds is 4. The van der Waals surface area contributed by atoms with Gasteiger partial charge in [0.15, 0.2) is 0 Å². The molecule has 1 aliphatic heterocycles. The predicted molar refractivity (Wildman–Crippen MR) is 66.0 cm³/mol. The van der Waals surface area contributed by atoms with Crippen LogP contribution in [0.3, 0.4) is 0 Å². The van der Waals surface area contributed by atoms with Crippen molar-refractivity contribution in [2.75, 3.05) is 13.1 Å². The van der Waals surface area contributed by atoms with Gasteiger partial charge in [-0.2, -0.15) is 11.3 Å². The Hall–Kier alpha value is -0.380. The molecule has 0 amide bonds. The van der Waals surface area contributed by atoms with Gasteiger partial charge in [0, 0.05) is 12.6 Å². The van der Waals surface area contributed by atoms with Crippen LogP contribution in [0.4, 0.5) is 0 Å². The number of likely N-dealkylation sites (tertiary alicyclic amines) is 1. The molecular formula is C12H20N2S. The van der Waals surface area contributed by atoms with Crippen LogP contribution in [0.1, 0.15) is 31.2 Å². The molecule has 84 valence electrons. The SMILES string of the molecule is NCCC1CCCCN1Cc1ccsc1. The molecule has 1 saturated heterocycles. The van der Waals surface area contributed by atoms with Crippen LogP contribution in [0, 0.1) is 0 Å².